The molecule has 8 heteroatoms. The van der Waals surface area contributed by atoms with E-state index in [-0.39, 0.29) is 17.0 Å². The molecule has 0 saturated heterocycles. The number of nitrogens with zero attached hydrogens (tertiary/aromatic N) is 1. The molecule has 2 aromatic rings. The number of non-ortho nitro benzene ring substituents is 1. The maximum atomic E-state index is 12.2. The van der Waals surface area contributed by atoms with Gasteiger partial charge in [-0.15, -0.1) is 0 Å². The third kappa shape index (κ3) is 3.54. The van der Waals surface area contributed by atoms with E-state index in [1.165, 1.54) is 30.5 Å². The monoisotopic (exact) mass is 309 g/mol. The largest absolute Gasteiger partial charge is 0.480 e. The summed E-state index contributed by atoms with van der Waals surface area (Å²) in [6.45, 7) is 0. The van der Waals surface area contributed by atoms with Gasteiger partial charge >= 0.3 is 5.97 Å². The molecule has 7 nitrogen and oxygen atoms in total. The van der Waals surface area contributed by atoms with Gasteiger partial charge < -0.3 is 9.52 Å². The molecule has 0 aliphatic rings. The molecule has 21 heavy (non-hydrogen) atoms. The number of carboxylic acids is 1. The summed E-state index contributed by atoms with van der Waals surface area (Å²) in [5.74, 6) is -0.878. The average molecular weight is 309 g/mol. The SMILES string of the molecule is O=C(O)[C@H](c1ccc([N+](=O)[O-])cc1)[S@](=O)Cc1ccco1. The molecule has 1 aromatic carbocycles. The number of benzene rings is 1. The molecule has 0 radical (unpaired) electrons. The summed E-state index contributed by atoms with van der Waals surface area (Å²) in [5.41, 5.74) is 0.0951. The van der Waals surface area contributed by atoms with Gasteiger partial charge in [0.05, 0.1) is 16.9 Å². The van der Waals surface area contributed by atoms with Crippen molar-refractivity contribution < 1.29 is 23.5 Å². The Morgan fingerprint density at radius 3 is 2.48 bits per heavy atom. The van der Waals surface area contributed by atoms with E-state index in [4.69, 9.17) is 4.42 Å². The lowest BCUT2D eigenvalue weighted by Crippen LogP contribution is -2.18. The lowest BCUT2D eigenvalue weighted by atomic mass is 10.1. The number of nitro groups is 1. The van der Waals surface area contributed by atoms with Crippen LogP contribution in [0.1, 0.15) is 16.6 Å². The van der Waals surface area contributed by atoms with E-state index < -0.39 is 26.9 Å². The molecule has 2 atom stereocenters. The summed E-state index contributed by atoms with van der Waals surface area (Å²) in [7, 11) is -1.75. The van der Waals surface area contributed by atoms with E-state index >= 15 is 0 Å². The van der Waals surface area contributed by atoms with Gasteiger partial charge in [0.15, 0.2) is 5.25 Å². The van der Waals surface area contributed by atoms with E-state index in [2.05, 4.69) is 0 Å². The van der Waals surface area contributed by atoms with Gasteiger partial charge in [-0.2, -0.15) is 0 Å². The van der Waals surface area contributed by atoms with Crippen LogP contribution in [-0.4, -0.2) is 20.2 Å². The first-order valence-corrected chi connectivity index (χ1v) is 7.24. The smallest absolute Gasteiger partial charge is 0.323 e. The number of hydrogen-bond acceptors (Lipinski definition) is 5. The van der Waals surface area contributed by atoms with E-state index in [1.54, 1.807) is 12.1 Å². The van der Waals surface area contributed by atoms with Gasteiger partial charge in [0.2, 0.25) is 0 Å². The second kappa shape index (κ2) is 6.31. The van der Waals surface area contributed by atoms with Gasteiger partial charge in [0, 0.05) is 22.9 Å². The highest BCUT2D eigenvalue weighted by Gasteiger charge is 2.28. The van der Waals surface area contributed by atoms with Crippen molar-refractivity contribution in [1.82, 2.24) is 0 Å². The van der Waals surface area contributed by atoms with Crippen LogP contribution < -0.4 is 0 Å². The molecule has 1 aromatic heterocycles. The van der Waals surface area contributed by atoms with Crippen LogP contribution in [0.4, 0.5) is 5.69 Å². The molecule has 0 bridgehead atoms. The molecule has 0 unspecified atom stereocenters. The first-order valence-electron chi connectivity index (χ1n) is 5.85. The zero-order valence-corrected chi connectivity index (χ0v) is 11.5. The van der Waals surface area contributed by atoms with Gasteiger partial charge in [-0.25, -0.2) is 0 Å². The predicted molar refractivity (Wildman–Crippen MR) is 74.0 cm³/mol. The van der Waals surface area contributed by atoms with Crippen molar-refractivity contribution >= 4 is 22.5 Å². The summed E-state index contributed by atoms with van der Waals surface area (Å²) in [4.78, 5) is 21.3. The fraction of sp³-hybridized carbons (Fsp3) is 0.154. The number of hydrogen-bond donors (Lipinski definition) is 1. The lowest BCUT2D eigenvalue weighted by Gasteiger charge is -2.11. The highest BCUT2D eigenvalue weighted by atomic mass is 32.2. The Hall–Kier alpha value is -2.48. The van der Waals surface area contributed by atoms with Gasteiger partial charge in [0.25, 0.3) is 5.69 Å². The summed E-state index contributed by atoms with van der Waals surface area (Å²) >= 11 is 0. The average Bonchev–Trinajstić information content (AvgIpc) is 2.91. The standard InChI is InChI=1S/C13H11NO6S/c15-13(16)12(21(19)8-11-2-1-7-20-11)9-3-5-10(6-4-9)14(17)18/h1-7,12H,8H2,(H,15,16)/t12-,21+/m0/s1. The Morgan fingerprint density at radius 1 is 1.33 bits per heavy atom. The third-order valence-corrected chi connectivity index (χ3v) is 4.33. The van der Waals surface area contributed by atoms with Crippen molar-refractivity contribution in [2.24, 2.45) is 0 Å². The molecule has 0 aliphatic heterocycles. The Bertz CT molecular complexity index is 664. The summed E-state index contributed by atoms with van der Waals surface area (Å²) in [6, 6.07) is 8.21. The van der Waals surface area contributed by atoms with E-state index in [0.717, 1.165) is 0 Å². The highest BCUT2D eigenvalue weighted by Crippen LogP contribution is 2.25. The number of carbonyl (C=O) groups is 1. The fourth-order valence-corrected chi connectivity index (χ4v) is 3.09. The molecule has 2 rings (SSSR count). The van der Waals surface area contributed by atoms with Crippen molar-refractivity contribution in [3.8, 4) is 0 Å². The summed E-state index contributed by atoms with van der Waals surface area (Å²) in [6.07, 6.45) is 1.41. The van der Waals surface area contributed by atoms with Crippen LogP contribution in [0.2, 0.25) is 0 Å². The molecule has 0 spiro atoms. The van der Waals surface area contributed by atoms with Crippen molar-refractivity contribution in [2.45, 2.75) is 11.0 Å². The lowest BCUT2D eigenvalue weighted by molar-refractivity contribution is -0.384. The van der Waals surface area contributed by atoms with Crippen molar-refractivity contribution in [3.63, 3.8) is 0 Å². The Balaban J connectivity index is 2.24. The summed E-state index contributed by atoms with van der Waals surface area (Å²) in [5, 5.41) is 18.6. The Morgan fingerprint density at radius 2 is 2.00 bits per heavy atom. The van der Waals surface area contributed by atoms with Crippen molar-refractivity contribution in [1.29, 1.82) is 0 Å². The molecule has 110 valence electrons. The van der Waals surface area contributed by atoms with Crippen LogP contribution in [0, 0.1) is 10.1 Å². The number of furan rings is 1. The summed E-state index contributed by atoms with van der Waals surface area (Å²) < 4.78 is 17.3. The molecule has 0 fully saturated rings. The highest BCUT2D eigenvalue weighted by molar-refractivity contribution is 7.85. The van der Waals surface area contributed by atoms with Gasteiger partial charge in [-0.05, 0) is 17.7 Å². The zero-order chi connectivity index (χ0) is 15.4. The fourth-order valence-electron chi connectivity index (χ4n) is 1.80. The molecule has 1 N–H and O–H groups in total. The number of rotatable bonds is 6. The zero-order valence-electron chi connectivity index (χ0n) is 10.7. The van der Waals surface area contributed by atoms with Gasteiger partial charge in [-0.3, -0.25) is 19.1 Å². The molecule has 0 aliphatic carbocycles. The molecule has 1 heterocycles. The predicted octanol–water partition coefficient (Wildman–Crippen LogP) is 2.26. The number of aliphatic carboxylic acids is 1. The molecular weight excluding hydrogens is 298 g/mol. The van der Waals surface area contributed by atoms with Crippen LogP contribution in [0.25, 0.3) is 0 Å². The van der Waals surface area contributed by atoms with Crippen LogP contribution in [0.5, 0.6) is 0 Å². The molecule has 0 amide bonds. The van der Waals surface area contributed by atoms with Crippen LogP contribution >= 0.6 is 0 Å². The van der Waals surface area contributed by atoms with Gasteiger partial charge in [0.1, 0.15) is 5.76 Å². The maximum absolute atomic E-state index is 12.2. The number of nitro benzene ring substituents is 1. The van der Waals surface area contributed by atoms with Crippen LogP contribution in [0.3, 0.4) is 0 Å². The maximum Gasteiger partial charge on any atom is 0.323 e. The van der Waals surface area contributed by atoms with E-state index in [1.807, 2.05) is 0 Å². The van der Waals surface area contributed by atoms with Crippen LogP contribution in [-0.2, 0) is 21.3 Å². The van der Waals surface area contributed by atoms with E-state index in [9.17, 15) is 24.2 Å². The number of carboxylic acid groups (broad SMARTS) is 1. The third-order valence-electron chi connectivity index (χ3n) is 2.76. The van der Waals surface area contributed by atoms with Crippen molar-refractivity contribution in [3.05, 3.63) is 64.1 Å². The van der Waals surface area contributed by atoms with Gasteiger partial charge in [-0.1, -0.05) is 12.1 Å². The Kier molecular flexibility index (Phi) is 4.49. The first kappa shape index (κ1) is 14.9. The minimum absolute atomic E-state index is 0.0407. The van der Waals surface area contributed by atoms with Crippen LogP contribution in [0.15, 0.2) is 47.1 Å². The molecule has 0 saturated carbocycles. The Labute approximate surface area is 121 Å². The second-order valence-electron chi connectivity index (χ2n) is 4.17. The second-order valence-corrected chi connectivity index (χ2v) is 5.69. The topological polar surface area (TPSA) is 111 Å². The van der Waals surface area contributed by atoms with Crippen molar-refractivity contribution in [2.75, 3.05) is 0 Å². The van der Waals surface area contributed by atoms with E-state index in [0.29, 0.717) is 5.76 Å². The quantitative estimate of drug-likeness (QED) is 0.647. The first-order chi connectivity index (χ1) is 9.99. The molecular formula is C13H11NO6S. The normalized spacial score (nSPS) is 13.5. The minimum Gasteiger partial charge on any atom is -0.480 e. The minimum atomic E-state index is -1.75.